The first-order valence-corrected chi connectivity index (χ1v) is 6.72. The van der Waals surface area contributed by atoms with Gasteiger partial charge in [0.05, 0.1) is 6.20 Å². The molecule has 0 radical (unpaired) electrons. The molecule has 1 heterocycles. The lowest BCUT2D eigenvalue weighted by atomic mass is 10.1. The van der Waals surface area contributed by atoms with Gasteiger partial charge >= 0.3 is 0 Å². The maximum atomic E-state index is 5.46. The highest BCUT2D eigenvalue weighted by Crippen LogP contribution is 2.19. The number of nitrogens with zero attached hydrogens (tertiary/aromatic N) is 2. The summed E-state index contributed by atoms with van der Waals surface area (Å²) in [5.74, 6) is 0.828. The Kier molecular flexibility index (Phi) is 5.31. The summed E-state index contributed by atoms with van der Waals surface area (Å²) in [6, 6.07) is 12.2. The number of nitrogens with two attached hydrogens (primary N) is 1. The van der Waals surface area contributed by atoms with Gasteiger partial charge in [-0.3, -0.25) is 0 Å². The zero-order valence-electron chi connectivity index (χ0n) is 11.0. The molecule has 0 amide bonds. The molecule has 4 nitrogen and oxygen atoms in total. The molecule has 0 aliphatic heterocycles. The van der Waals surface area contributed by atoms with Crippen LogP contribution in [0.1, 0.15) is 19.3 Å². The number of anilines is 1. The molecule has 0 aliphatic rings. The Morgan fingerprint density at radius 1 is 1.00 bits per heavy atom. The van der Waals surface area contributed by atoms with Crippen molar-refractivity contribution in [3.05, 3.63) is 42.6 Å². The number of rotatable bonds is 7. The first-order chi connectivity index (χ1) is 9.40. The standard InChI is InChI=1S/C15H20N4/c16-9-5-2-6-10-17-15-11-14(12-18-19-15)13-7-3-1-4-8-13/h1,3-4,7-8,11-12H,2,5-6,9-10,16H2,(H,17,19). The number of nitrogens with one attached hydrogen (secondary N) is 1. The fourth-order valence-electron chi connectivity index (χ4n) is 1.90. The van der Waals surface area contributed by atoms with Crippen molar-refractivity contribution in [3.63, 3.8) is 0 Å². The monoisotopic (exact) mass is 256 g/mol. The maximum absolute atomic E-state index is 5.46. The quantitative estimate of drug-likeness (QED) is 0.748. The smallest absolute Gasteiger partial charge is 0.149 e. The highest BCUT2D eigenvalue weighted by Gasteiger charge is 2.00. The van der Waals surface area contributed by atoms with E-state index in [-0.39, 0.29) is 0 Å². The van der Waals surface area contributed by atoms with Crippen molar-refractivity contribution in [1.29, 1.82) is 0 Å². The third kappa shape index (κ3) is 4.34. The number of unbranched alkanes of at least 4 members (excludes halogenated alkanes) is 2. The predicted octanol–water partition coefficient (Wildman–Crippen LogP) is 2.68. The molecule has 3 N–H and O–H groups in total. The summed E-state index contributed by atoms with van der Waals surface area (Å²) in [4.78, 5) is 0. The van der Waals surface area contributed by atoms with Crippen LogP contribution in [0.15, 0.2) is 42.6 Å². The van der Waals surface area contributed by atoms with Gasteiger partial charge in [0.25, 0.3) is 0 Å². The number of hydrogen-bond acceptors (Lipinski definition) is 4. The molecule has 2 aromatic rings. The number of aromatic nitrogens is 2. The molecule has 1 aromatic heterocycles. The van der Waals surface area contributed by atoms with E-state index in [0.717, 1.165) is 49.3 Å². The van der Waals surface area contributed by atoms with Gasteiger partial charge in [0.15, 0.2) is 0 Å². The third-order valence-corrected chi connectivity index (χ3v) is 2.95. The molecule has 2 rings (SSSR count). The van der Waals surface area contributed by atoms with Crippen molar-refractivity contribution in [3.8, 4) is 11.1 Å². The van der Waals surface area contributed by atoms with Crippen molar-refractivity contribution in [2.24, 2.45) is 5.73 Å². The minimum Gasteiger partial charge on any atom is -0.369 e. The largest absolute Gasteiger partial charge is 0.369 e. The minimum absolute atomic E-state index is 0.767. The van der Waals surface area contributed by atoms with Crippen LogP contribution in [0.4, 0.5) is 5.82 Å². The van der Waals surface area contributed by atoms with Gasteiger partial charge in [-0.25, -0.2) is 0 Å². The minimum atomic E-state index is 0.767. The van der Waals surface area contributed by atoms with Gasteiger partial charge in [-0.1, -0.05) is 36.8 Å². The highest BCUT2D eigenvalue weighted by atomic mass is 15.2. The average molecular weight is 256 g/mol. The van der Waals surface area contributed by atoms with E-state index in [1.807, 2.05) is 24.3 Å². The SMILES string of the molecule is NCCCCCNc1cc(-c2ccccc2)cnn1. The molecule has 0 aliphatic carbocycles. The van der Waals surface area contributed by atoms with E-state index >= 15 is 0 Å². The summed E-state index contributed by atoms with van der Waals surface area (Å²) in [5.41, 5.74) is 7.70. The van der Waals surface area contributed by atoms with Gasteiger partial charge in [-0.15, -0.1) is 5.10 Å². The summed E-state index contributed by atoms with van der Waals surface area (Å²) in [7, 11) is 0. The molecule has 4 heteroatoms. The zero-order valence-corrected chi connectivity index (χ0v) is 11.0. The molecule has 0 saturated carbocycles. The molecule has 1 aromatic carbocycles. The van der Waals surface area contributed by atoms with Crippen LogP contribution in [-0.4, -0.2) is 23.3 Å². The molecule has 19 heavy (non-hydrogen) atoms. The van der Waals surface area contributed by atoms with Gasteiger partial charge in [-0.2, -0.15) is 5.10 Å². The van der Waals surface area contributed by atoms with Crippen molar-refractivity contribution >= 4 is 5.82 Å². The van der Waals surface area contributed by atoms with Crippen LogP contribution in [0.2, 0.25) is 0 Å². The predicted molar refractivity (Wildman–Crippen MR) is 78.9 cm³/mol. The van der Waals surface area contributed by atoms with Crippen LogP contribution >= 0.6 is 0 Å². The van der Waals surface area contributed by atoms with E-state index in [4.69, 9.17) is 5.73 Å². The molecule has 0 saturated heterocycles. The Labute approximate surface area is 114 Å². The molecular weight excluding hydrogens is 236 g/mol. The molecule has 0 unspecified atom stereocenters. The van der Waals surface area contributed by atoms with Crippen LogP contribution in [0.3, 0.4) is 0 Å². The van der Waals surface area contributed by atoms with Crippen LogP contribution in [0, 0.1) is 0 Å². The Balaban J connectivity index is 1.92. The van der Waals surface area contributed by atoms with Crippen molar-refractivity contribution < 1.29 is 0 Å². The average Bonchev–Trinajstić information content (AvgIpc) is 2.48. The normalized spacial score (nSPS) is 10.4. The van der Waals surface area contributed by atoms with E-state index in [0.29, 0.717) is 0 Å². The fourth-order valence-corrected chi connectivity index (χ4v) is 1.90. The maximum Gasteiger partial charge on any atom is 0.149 e. The third-order valence-electron chi connectivity index (χ3n) is 2.95. The van der Waals surface area contributed by atoms with E-state index in [9.17, 15) is 0 Å². The van der Waals surface area contributed by atoms with Crippen molar-refractivity contribution in [1.82, 2.24) is 10.2 Å². The van der Waals surface area contributed by atoms with Gasteiger partial charge in [-0.05, 0) is 31.0 Å². The Hall–Kier alpha value is -1.94. The first kappa shape index (κ1) is 13.5. The van der Waals surface area contributed by atoms with Crippen molar-refractivity contribution in [2.75, 3.05) is 18.4 Å². The summed E-state index contributed by atoms with van der Waals surface area (Å²) in [6.45, 7) is 1.68. The van der Waals surface area contributed by atoms with Gasteiger partial charge in [0.2, 0.25) is 0 Å². The Morgan fingerprint density at radius 3 is 2.63 bits per heavy atom. The van der Waals surface area contributed by atoms with E-state index in [2.05, 4.69) is 27.6 Å². The second-order valence-corrected chi connectivity index (χ2v) is 4.47. The second-order valence-electron chi connectivity index (χ2n) is 4.47. The molecule has 0 bridgehead atoms. The van der Waals surface area contributed by atoms with Gasteiger partial charge in [0.1, 0.15) is 5.82 Å². The topological polar surface area (TPSA) is 63.8 Å². The lowest BCUT2D eigenvalue weighted by Crippen LogP contribution is -2.05. The van der Waals surface area contributed by atoms with Crippen LogP contribution < -0.4 is 11.1 Å². The summed E-state index contributed by atoms with van der Waals surface area (Å²) < 4.78 is 0. The first-order valence-electron chi connectivity index (χ1n) is 6.72. The zero-order chi connectivity index (χ0) is 13.3. The molecule has 100 valence electrons. The number of hydrogen-bond donors (Lipinski definition) is 2. The van der Waals surface area contributed by atoms with E-state index in [1.165, 1.54) is 0 Å². The Bertz CT molecular complexity index is 485. The summed E-state index contributed by atoms with van der Waals surface area (Å²) in [6.07, 6.45) is 5.12. The molecular formula is C15H20N4. The fraction of sp³-hybridized carbons (Fsp3) is 0.333. The molecule has 0 fully saturated rings. The van der Waals surface area contributed by atoms with Gasteiger partial charge in [0, 0.05) is 12.1 Å². The van der Waals surface area contributed by atoms with Crippen molar-refractivity contribution in [2.45, 2.75) is 19.3 Å². The Morgan fingerprint density at radius 2 is 1.84 bits per heavy atom. The van der Waals surface area contributed by atoms with E-state index < -0.39 is 0 Å². The van der Waals surface area contributed by atoms with Gasteiger partial charge < -0.3 is 11.1 Å². The second kappa shape index (κ2) is 7.48. The van der Waals surface area contributed by atoms with Crippen LogP contribution in [-0.2, 0) is 0 Å². The van der Waals surface area contributed by atoms with Crippen LogP contribution in [0.5, 0.6) is 0 Å². The highest BCUT2D eigenvalue weighted by molar-refractivity contribution is 5.64. The molecule has 0 atom stereocenters. The van der Waals surface area contributed by atoms with Crippen LogP contribution in [0.25, 0.3) is 11.1 Å². The summed E-state index contributed by atoms with van der Waals surface area (Å²) in [5, 5.41) is 11.4. The lowest BCUT2D eigenvalue weighted by Gasteiger charge is -2.06. The number of benzene rings is 1. The van der Waals surface area contributed by atoms with E-state index in [1.54, 1.807) is 6.20 Å². The summed E-state index contributed by atoms with van der Waals surface area (Å²) >= 11 is 0. The molecule has 0 spiro atoms. The lowest BCUT2D eigenvalue weighted by molar-refractivity contribution is 0.705.